The van der Waals surface area contributed by atoms with Gasteiger partial charge in [0.05, 0.1) is 51.6 Å². The van der Waals surface area contributed by atoms with Crippen LogP contribution < -0.4 is 10.4 Å². The molecule has 0 saturated carbocycles. The van der Waals surface area contributed by atoms with Gasteiger partial charge in [-0.25, -0.2) is 8.42 Å². The summed E-state index contributed by atoms with van der Waals surface area (Å²) in [4.78, 5) is 4.75. The fraction of sp³-hybridized carbons (Fsp3) is 0.625. The number of hydrogen-bond acceptors (Lipinski definition) is 9. The monoisotopic (exact) mass is 408 g/mol. The molecule has 1 rings (SSSR count). The summed E-state index contributed by atoms with van der Waals surface area (Å²) < 4.78 is 47.4. The van der Waals surface area contributed by atoms with Gasteiger partial charge in [0, 0.05) is 20.2 Å². The van der Waals surface area contributed by atoms with Crippen LogP contribution in [-0.4, -0.2) is 84.9 Å². The second kappa shape index (κ2) is 13.8. The third-order valence-corrected chi connectivity index (χ3v) is 5.41. The number of rotatable bonds is 16. The summed E-state index contributed by atoms with van der Waals surface area (Å²) in [6, 6.07) is 6.09. The Kier molecular flexibility index (Phi) is 12.1. The maximum absolute atomic E-state index is 12.8. The van der Waals surface area contributed by atoms with Gasteiger partial charge in [0.2, 0.25) is 10.0 Å². The predicted octanol–water partition coefficient (Wildman–Crippen LogP) is 0.276. The first-order valence-electron chi connectivity index (χ1n) is 8.35. The van der Waals surface area contributed by atoms with Gasteiger partial charge in [-0.3, -0.25) is 10.0 Å². The molecule has 0 amide bonds. The Labute approximate surface area is 159 Å². The summed E-state index contributed by atoms with van der Waals surface area (Å²) in [5, 5.41) is 8.49. The van der Waals surface area contributed by atoms with E-state index in [2.05, 4.69) is 4.84 Å². The molecule has 0 atom stereocenters. The third kappa shape index (κ3) is 8.95. The van der Waals surface area contributed by atoms with Gasteiger partial charge in [0.15, 0.2) is 0 Å². The van der Waals surface area contributed by atoms with E-state index in [1.165, 1.54) is 29.2 Å². The smallest absolute Gasteiger partial charge is 0.243 e. The molecular weight excluding hydrogens is 380 g/mol. The van der Waals surface area contributed by atoms with Crippen molar-refractivity contribution in [3.8, 4) is 5.75 Å². The van der Waals surface area contributed by atoms with Crippen molar-refractivity contribution < 1.29 is 37.4 Å². The maximum atomic E-state index is 12.8. The number of ether oxygens (including phenoxy) is 4. The topological polar surface area (TPSA) is 116 Å². The van der Waals surface area contributed by atoms with Crippen molar-refractivity contribution in [2.24, 2.45) is 0 Å². The highest BCUT2D eigenvalue weighted by Gasteiger charge is 2.24. The molecular formula is C16H28N2O8S. The molecule has 0 aliphatic rings. The zero-order valence-corrected chi connectivity index (χ0v) is 16.4. The molecule has 0 saturated heterocycles. The third-order valence-electron chi connectivity index (χ3n) is 3.49. The summed E-state index contributed by atoms with van der Waals surface area (Å²) >= 11 is 0. The van der Waals surface area contributed by atoms with Crippen LogP contribution in [0.1, 0.15) is 0 Å². The predicted molar refractivity (Wildman–Crippen MR) is 96.1 cm³/mol. The van der Waals surface area contributed by atoms with E-state index in [0.717, 1.165) is 0 Å². The lowest BCUT2D eigenvalue weighted by atomic mass is 10.3. The van der Waals surface area contributed by atoms with Gasteiger partial charge in [-0.2, -0.15) is 4.31 Å². The van der Waals surface area contributed by atoms with Gasteiger partial charge in [-0.15, -0.1) is 0 Å². The van der Waals surface area contributed by atoms with Crippen LogP contribution in [0, 0.1) is 0 Å². The Morgan fingerprint density at radius 1 is 0.926 bits per heavy atom. The Morgan fingerprint density at radius 2 is 1.52 bits per heavy atom. The summed E-state index contributed by atoms with van der Waals surface area (Å²) in [6.45, 7) is 2.04. The lowest BCUT2D eigenvalue weighted by Gasteiger charge is -2.22. The van der Waals surface area contributed by atoms with Crippen molar-refractivity contribution in [2.75, 3.05) is 67.0 Å². The molecule has 0 spiro atoms. The molecule has 0 radical (unpaired) electrons. The number of nitrogens with one attached hydrogen (secondary N) is 1. The van der Waals surface area contributed by atoms with E-state index in [-0.39, 0.29) is 31.2 Å². The molecule has 2 N–H and O–H groups in total. The molecule has 0 bridgehead atoms. The molecule has 0 fully saturated rings. The fourth-order valence-corrected chi connectivity index (χ4v) is 3.48. The van der Waals surface area contributed by atoms with Crippen LogP contribution >= 0.6 is 0 Å². The van der Waals surface area contributed by atoms with Gasteiger partial charge in [0.25, 0.3) is 0 Å². The molecule has 0 aromatic heterocycles. The van der Waals surface area contributed by atoms with Gasteiger partial charge in [0.1, 0.15) is 5.75 Å². The lowest BCUT2D eigenvalue weighted by Crippen LogP contribution is -2.37. The van der Waals surface area contributed by atoms with Crippen molar-refractivity contribution in [1.82, 2.24) is 9.95 Å². The highest BCUT2D eigenvalue weighted by molar-refractivity contribution is 7.89. The largest absolute Gasteiger partial charge is 0.497 e. The normalized spacial score (nSPS) is 11.9. The van der Waals surface area contributed by atoms with E-state index >= 15 is 0 Å². The van der Waals surface area contributed by atoms with E-state index in [0.29, 0.717) is 32.2 Å². The van der Waals surface area contributed by atoms with Crippen LogP contribution in [0.4, 0.5) is 0 Å². The number of nitrogens with zero attached hydrogens (tertiary/aromatic N) is 1. The highest BCUT2D eigenvalue weighted by Crippen LogP contribution is 2.19. The second-order valence-electron chi connectivity index (χ2n) is 5.24. The van der Waals surface area contributed by atoms with Crippen LogP contribution in [0.25, 0.3) is 0 Å². The zero-order valence-electron chi connectivity index (χ0n) is 15.6. The molecule has 0 heterocycles. The van der Waals surface area contributed by atoms with Crippen molar-refractivity contribution in [1.29, 1.82) is 0 Å². The maximum Gasteiger partial charge on any atom is 0.243 e. The molecule has 0 aliphatic carbocycles. The minimum Gasteiger partial charge on any atom is -0.497 e. The van der Waals surface area contributed by atoms with Crippen molar-refractivity contribution in [3.63, 3.8) is 0 Å². The summed E-state index contributed by atoms with van der Waals surface area (Å²) in [5.74, 6) is 0.560. The van der Waals surface area contributed by atoms with Gasteiger partial charge < -0.3 is 18.9 Å². The molecule has 1 aromatic carbocycles. The number of methoxy groups -OCH3 is 2. The van der Waals surface area contributed by atoms with E-state index < -0.39 is 10.0 Å². The number of benzene rings is 1. The lowest BCUT2D eigenvalue weighted by molar-refractivity contribution is -0.128. The molecule has 27 heavy (non-hydrogen) atoms. The van der Waals surface area contributed by atoms with E-state index in [1.54, 1.807) is 19.2 Å². The molecule has 10 nitrogen and oxygen atoms in total. The van der Waals surface area contributed by atoms with Crippen LogP contribution in [-0.2, 0) is 29.1 Å². The molecule has 0 unspecified atom stereocenters. The Bertz CT molecular complexity index is 597. The molecule has 1 aromatic rings. The molecule has 0 aliphatic heterocycles. The first kappa shape index (κ1) is 23.7. The minimum atomic E-state index is -3.75. The van der Waals surface area contributed by atoms with Crippen LogP contribution in [0.2, 0.25) is 0 Å². The average molecular weight is 408 g/mol. The summed E-state index contributed by atoms with van der Waals surface area (Å²) in [7, 11) is -0.654. The second-order valence-corrected chi connectivity index (χ2v) is 7.17. The van der Waals surface area contributed by atoms with Crippen molar-refractivity contribution in [3.05, 3.63) is 24.3 Å². The summed E-state index contributed by atoms with van der Waals surface area (Å²) in [5.41, 5.74) is 1.53. The highest BCUT2D eigenvalue weighted by atomic mass is 32.2. The van der Waals surface area contributed by atoms with E-state index in [4.69, 9.17) is 24.2 Å². The van der Waals surface area contributed by atoms with Crippen LogP contribution in [0.15, 0.2) is 29.2 Å². The van der Waals surface area contributed by atoms with E-state index in [9.17, 15) is 8.42 Å². The van der Waals surface area contributed by atoms with Crippen LogP contribution in [0.3, 0.4) is 0 Å². The Balaban J connectivity index is 2.58. The van der Waals surface area contributed by atoms with Crippen molar-refractivity contribution in [2.45, 2.75) is 4.90 Å². The van der Waals surface area contributed by atoms with Crippen molar-refractivity contribution >= 4 is 10.0 Å². The Morgan fingerprint density at radius 3 is 2.11 bits per heavy atom. The first-order chi connectivity index (χ1) is 13.1. The van der Waals surface area contributed by atoms with Gasteiger partial charge in [-0.05, 0) is 24.3 Å². The van der Waals surface area contributed by atoms with Crippen LogP contribution in [0.5, 0.6) is 5.75 Å². The fourth-order valence-electron chi connectivity index (χ4n) is 2.07. The van der Waals surface area contributed by atoms with Gasteiger partial charge in [-0.1, -0.05) is 5.64 Å². The average Bonchev–Trinajstić information content (AvgIpc) is 2.68. The Hall–Kier alpha value is -1.31. The standard InChI is InChI=1S/C16H28N2O8S/c1-22-11-12-25-14-13-24-9-7-18(8-10-26-17-19)27(20,21)16-5-3-15(23-2)4-6-16/h3-6,17,19H,7-14H2,1-2H3. The quantitative estimate of drug-likeness (QED) is 0.294. The minimum absolute atomic E-state index is 0.0357. The summed E-state index contributed by atoms with van der Waals surface area (Å²) in [6.07, 6.45) is 0. The first-order valence-corrected chi connectivity index (χ1v) is 9.79. The number of hydrogen-bond donors (Lipinski definition) is 2. The van der Waals surface area contributed by atoms with E-state index in [1.807, 2.05) is 0 Å². The zero-order chi connectivity index (χ0) is 20.0. The SMILES string of the molecule is COCCOCCOCCN(CCONO)S(=O)(=O)c1ccc(OC)cc1. The molecule has 11 heteroatoms. The molecule has 156 valence electrons. The number of sulfonamides is 1. The van der Waals surface area contributed by atoms with Gasteiger partial charge >= 0.3 is 0 Å².